The zero-order valence-corrected chi connectivity index (χ0v) is 22.4. The topological polar surface area (TPSA) is 114 Å². The van der Waals surface area contributed by atoms with Crippen LogP contribution in [0.2, 0.25) is 0 Å². The lowest BCUT2D eigenvalue weighted by atomic mass is 9.94. The van der Waals surface area contributed by atoms with E-state index in [0.29, 0.717) is 41.6 Å². The number of piperidine rings is 1. The van der Waals surface area contributed by atoms with Crippen LogP contribution >= 0.6 is 0 Å². The summed E-state index contributed by atoms with van der Waals surface area (Å²) in [5.41, 5.74) is 8.39. The van der Waals surface area contributed by atoms with Crippen LogP contribution in [0.15, 0.2) is 18.2 Å². The minimum atomic E-state index is -0.390. The van der Waals surface area contributed by atoms with E-state index in [2.05, 4.69) is 34.2 Å². The summed E-state index contributed by atoms with van der Waals surface area (Å²) in [4.78, 5) is 23.3. The number of carbonyl (C=O) groups is 1. The third kappa shape index (κ3) is 8.93. The van der Waals surface area contributed by atoms with Crippen molar-refractivity contribution in [3.8, 4) is 0 Å². The number of halogens is 1. The molecular weight excluding hydrogens is 473 g/mol. The Kier molecular flexibility index (Phi) is 11.1. The van der Waals surface area contributed by atoms with Crippen molar-refractivity contribution in [3.05, 3.63) is 46.4 Å². The maximum Gasteiger partial charge on any atom is 0.310 e. The van der Waals surface area contributed by atoms with Gasteiger partial charge in [-0.15, -0.1) is 0 Å². The van der Waals surface area contributed by atoms with Gasteiger partial charge < -0.3 is 25.8 Å². The highest BCUT2D eigenvalue weighted by atomic mass is 19.1. The van der Waals surface area contributed by atoms with E-state index in [4.69, 9.17) is 10.5 Å². The van der Waals surface area contributed by atoms with Crippen molar-refractivity contribution in [2.45, 2.75) is 71.3 Å². The molecular formula is C28H42FN5O3. The number of nitrogen functional groups attached to an aromatic ring is 1. The van der Waals surface area contributed by atoms with Crippen LogP contribution in [0.4, 0.5) is 16.2 Å². The van der Waals surface area contributed by atoms with E-state index in [1.54, 1.807) is 12.1 Å². The summed E-state index contributed by atoms with van der Waals surface area (Å²) in [6.07, 6.45) is 5.86. The van der Waals surface area contributed by atoms with Gasteiger partial charge in [-0.2, -0.15) is 4.98 Å². The molecule has 2 aromatic rings. The summed E-state index contributed by atoms with van der Waals surface area (Å²) in [6, 6.07) is 4.90. The fourth-order valence-electron chi connectivity index (χ4n) is 4.88. The van der Waals surface area contributed by atoms with E-state index in [1.807, 2.05) is 6.92 Å². The Morgan fingerprint density at radius 2 is 2.05 bits per heavy atom. The number of aliphatic hydroxyl groups is 1. The summed E-state index contributed by atoms with van der Waals surface area (Å²) in [6.45, 7) is 6.55. The van der Waals surface area contributed by atoms with E-state index in [0.717, 1.165) is 50.8 Å². The van der Waals surface area contributed by atoms with Crippen LogP contribution in [-0.2, 0) is 22.4 Å². The number of nitrogens with one attached hydrogen (secondary N) is 1. The molecule has 1 aromatic carbocycles. The molecule has 8 nitrogen and oxygen atoms in total. The van der Waals surface area contributed by atoms with E-state index < -0.39 is 0 Å². The number of hydrogen-bond acceptors (Lipinski definition) is 8. The Hall–Kier alpha value is -2.78. The quantitative estimate of drug-likeness (QED) is 0.345. The Morgan fingerprint density at radius 1 is 1.30 bits per heavy atom. The van der Waals surface area contributed by atoms with Crippen molar-refractivity contribution in [2.24, 2.45) is 5.92 Å². The molecule has 2 heterocycles. The molecule has 1 aliphatic heterocycles. The molecule has 37 heavy (non-hydrogen) atoms. The van der Waals surface area contributed by atoms with Crippen LogP contribution in [0, 0.1) is 18.7 Å². The number of benzene rings is 1. The molecule has 9 heteroatoms. The Labute approximate surface area is 219 Å². The fourth-order valence-corrected chi connectivity index (χ4v) is 4.88. The molecule has 1 saturated heterocycles. The van der Waals surface area contributed by atoms with Gasteiger partial charge in [0.1, 0.15) is 11.6 Å². The van der Waals surface area contributed by atoms with Gasteiger partial charge in [0.2, 0.25) is 5.95 Å². The maximum absolute atomic E-state index is 15.1. The SMILES string of the molecule is CCC[C@@H](CCO)Nc1nc(N)nc(C)c1Cc1ccc(CC(=O)OCCC2CCN(C)CC2)cc1F. The third-order valence-corrected chi connectivity index (χ3v) is 7.15. The molecule has 1 atom stereocenters. The average Bonchev–Trinajstić information content (AvgIpc) is 2.84. The second kappa shape index (κ2) is 14.2. The number of rotatable bonds is 13. The molecule has 0 radical (unpaired) electrons. The molecule has 0 saturated carbocycles. The molecule has 0 amide bonds. The molecule has 0 bridgehead atoms. The van der Waals surface area contributed by atoms with Crippen molar-refractivity contribution < 1.29 is 19.0 Å². The van der Waals surface area contributed by atoms with Crippen LogP contribution in [0.25, 0.3) is 0 Å². The normalized spacial score (nSPS) is 15.5. The van der Waals surface area contributed by atoms with Crippen LogP contribution in [0.5, 0.6) is 0 Å². The standard InChI is InChI=1S/C28H42FN5O3/c1-4-5-23(10-14-35)32-27-24(19(2)31-28(30)33-27)18-22-7-6-21(16-25(22)29)17-26(36)37-15-11-20-8-12-34(3)13-9-20/h6-7,16,20,23,35H,4-5,8-15,17-18H2,1-3H3,(H3,30,31,32,33)/t23-/m0/s1. The van der Waals surface area contributed by atoms with E-state index in [9.17, 15) is 9.90 Å². The monoisotopic (exact) mass is 515 g/mol. The van der Waals surface area contributed by atoms with Gasteiger partial charge in [-0.3, -0.25) is 4.79 Å². The number of aryl methyl sites for hydroxylation is 1. The van der Waals surface area contributed by atoms with Crippen molar-refractivity contribution in [2.75, 3.05) is 44.4 Å². The highest BCUT2D eigenvalue weighted by molar-refractivity contribution is 5.72. The summed E-state index contributed by atoms with van der Waals surface area (Å²) in [5, 5.41) is 12.8. The van der Waals surface area contributed by atoms with E-state index >= 15 is 4.39 Å². The van der Waals surface area contributed by atoms with Gasteiger partial charge in [-0.25, -0.2) is 9.37 Å². The van der Waals surface area contributed by atoms with Crippen molar-refractivity contribution >= 4 is 17.7 Å². The molecule has 1 fully saturated rings. The van der Waals surface area contributed by atoms with Crippen molar-refractivity contribution in [1.82, 2.24) is 14.9 Å². The number of esters is 1. The molecule has 3 rings (SSSR count). The number of hydrogen-bond donors (Lipinski definition) is 3. The second-order valence-electron chi connectivity index (χ2n) is 10.2. The highest BCUT2D eigenvalue weighted by Gasteiger charge is 2.19. The number of likely N-dealkylation sites (tertiary alicyclic amines) is 1. The minimum absolute atomic E-state index is 0.0279. The predicted octanol–water partition coefficient (Wildman–Crippen LogP) is 3.88. The first kappa shape index (κ1) is 28.8. The lowest BCUT2D eigenvalue weighted by molar-refractivity contribution is -0.143. The smallest absolute Gasteiger partial charge is 0.310 e. The van der Waals surface area contributed by atoms with Gasteiger partial charge in [0.15, 0.2) is 0 Å². The van der Waals surface area contributed by atoms with Crippen LogP contribution in [0.1, 0.15) is 67.8 Å². The van der Waals surface area contributed by atoms with Gasteiger partial charge in [-0.05, 0) is 82.3 Å². The zero-order chi connectivity index (χ0) is 26.8. The van der Waals surface area contributed by atoms with Crippen LogP contribution in [0.3, 0.4) is 0 Å². The molecule has 0 spiro atoms. The molecule has 4 N–H and O–H groups in total. The lowest BCUT2D eigenvalue weighted by Gasteiger charge is -2.28. The number of aromatic nitrogens is 2. The Morgan fingerprint density at radius 3 is 2.73 bits per heavy atom. The predicted molar refractivity (Wildman–Crippen MR) is 144 cm³/mol. The molecule has 0 unspecified atom stereocenters. The van der Waals surface area contributed by atoms with Crippen molar-refractivity contribution in [1.29, 1.82) is 0 Å². The number of anilines is 2. The summed E-state index contributed by atoms with van der Waals surface area (Å²) < 4.78 is 20.5. The first-order valence-corrected chi connectivity index (χ1v) is 13.4. The van der Waals surface area contributed by atoms with Gasteiger partial charge in [0.25, 0.3) is 0 Å². The third-order valence-electron chi connectivity index (χ3n) is 7.15. The first-order valence-electron chi connectivity index (χ1n) is 13.4. The number of nitrogens with zero attached hydrogens (tertiary/aromatic N) is 3. The second-order valence-corrected chi connectivity index (χ2v) is 10.2. The van der Waals surface area contributed by atoms with Crippen LogP contribution < -0.4 is 11.1 Å². The Balaban J connectivity index is 1.61. The summed E-state index contributed by atoms with van der Waals surface area (Å²) >= 11 is 0. The summed E-state index contributed by atoms with van der Waals surface area (Å²) in [5.74, 6) is 0.586. The number of carbonyl (C=O) groups excluding carboxylic acids is 1. The number of ether oxygens (including phenoxy) is 1. The van der Waals surface area contributed by atoms with Gasteiger partial charge in [0.05, 0.1) is 13.0 Å². The van der Waals surface area contributed by atoms with Gasteiger partial charge in [0, 0.05) is 30.3 Å². The largest absolute Gasteiger partial charge is 0.465 e. The van der Waals surface area contributed by atoms with E-state index in [-0.39, 0.29) is 43.2 Å². The Bertz CT molecular complexity index is 1020. The zero-order valence-electron chi connectivity index (χ0n) is 22.4. The molecule has 1 aromatic heterocycles. The molecule has 0 aliphatic carbocycles. The first-order chi connectivity index (χ1) is 17.8. The minimum Gasteiger partial charge on any atom is -0.465 e. The van der Waals surface area contributed by atoms with E-state index in [1.165, 1.54) is 6.07 Å². The lowest BCUT2D eigenvalue weighted by Crippen LogP contribution is -2.30. The highest BCUT2D eigenvalue weighted by Crippen LogP contribution is 2.25. The number of nitrogens with two attached hydrogens (primary N) is 1. The molecule has 204 valence electrons. The summed E-state index contributed by atoms with van der Waals surface area (Å²) in [7, 11) is 2.13. The number of aliphatic hydroxyl groups excluding tert-OH is 1. The molecule has 1 aliphatic rings. The maximum atomic E-state index is 15.1. The van der Waals surface area contributed by atoms with Crippen LogP contribution in [-0.4, -0.2) is 65.3 Å². The average molecular weight is 516 g/mol. The fraction of sp³-hybridized carbons (Fsp3) is 0.607. The van der Waals surface area contributed by atoms with Gasteiger partial charge in [-0.1, -0.05) is 25.5 Å². The van der Waals surface area contributed by atoms with Crippen molar-refractivity contribution in [3.63, 3.8) is 0 Å². The van der Waals surface area contributed by atoms with Gasteiger partial charge >= 0.3 is 5.97 Å².